The van der Waals surface area contributed by atoms with E-state index in [-0.39, 0.29) is 0 Å². The fourth-order valence-corrected chi connectivity index (χ4v) is 1.71. The van der Waals surface area contributed by atoms with Crippen LogP contribution in [0.3, 0.4) is 0 Å². The summed E-state index contributed by atoms with van der Waals surface area (Å²) in [6, 6.07) is 1.63. The van der Waals surface area contributed by atoms with Crippen molar-refractivity contribution in [1.82, 2.24) is 4.98 Å². The summed E-state index contributed by atoms with van der Waals surface area (Å²) in [6.45, 7) is 4.60. The highest BCUT2D eigenvalue weighted by Crippen LogP contribution is 2.17. The second kappa shape index (κ2) is 4.49. The van der Waals surface area contributed by atoms with Gasteiger partial charge in [-0.2, -0.15) is 0 Å². The van der Waals surface area contributed by atoms with Gasteiger partial charge in [0.05, 0.1) is 18.8 Å². The van der Waals surface area contributed by atoms with Gasteiger partial charge in [-0.3, -0.25) is 0 Å². The molecule has 0 atom stereocenters. The molecule has 16 heavy (non-hydrogen) atoms. The van der Waals surface area contributed by atoms with Gasteiger partial charge < -0.3 is 14.7 Å². The molecule has 1 aromatic rings. The Morgan fingerprint density at radius 1 is 1.50 bits per heavy atom. The van der Waals surface area contributed by atoms with Crippen LogP contribution in [0, 0.1) is 6.92 Å². The average molecular weight is 222 g/mol. The lowest BCUT2D eigenvalue weighted by atomic mass is 10.1. The zero-order chi connectivity index (χ0) is 11.5. The third-order valence-corrected chi connectivity index (χ3v) is 2.65. The number of carboxylic acids is 1. The van der Waals surface area contributed by atoms with E-state index in [0.717, 1.165) is 13.1 Å². The number of aromatic nitrogens is 1. The van der Waals surface area contributed by atoms with E-state index in [4.69, 9.17) is 9.84 Å². The molecule has 0 spiro atoms. The smallest absolute Gasteiger partial charge is 0.336 e. The first kappa shape index (κ1) is 10.9. The fourth-order valence-electron chi connectivity index (χ4n) is 1.71. The molecular formula is C11H14N2O3. The summed E-state index contributed by atoms with van der Waals surface area (Å²) >= 11 is 0. The van der Waals surface area contributed by atoms with Gasteiger partial charge >= 0.3 is 5.97 Å². The second-order valence-corrected chi connectivity index (χ2v) is 3.76. The highest BCUT2D eigenvalue weighted by molar-refractivity contribution is 5.90. The van der Waals surface area contributed by atoms with E-state index in [1.165, 1.54) is 0 Å². The summed E-state index contributed by atoms with van der Waals surface area (Å²) < 4.78 is 5.24. The molecule has 1 aliphatic heterocycles. The minimum Gasteiger partial charge on any atom is -0.478 e. The lowest BCUT2D eigenvalue weighted by Crippen LogP contribution is -2.36. The van der Waals surface area contributed by atoms with Crippen molar-refractivity contribution in [3.05, 3.63) is 23.4 Å². The Morgan fingerprint density at radius 2 is 2.19 bits per heavy atom. The van der Waals surface area contributed by atoms with Crippen LogP contribution in [0.15, 0.2) is 12.3 Å². The topological polar surface area (TPSA) is 62.7 Å². The summed E-state index contributed by atoms with van der Waals surface area (Å²) in [5, 5.41) is 9.02. The van der Waals surface area contributed by atoms with Crippen molar-refractivity contribution in [3.8, 4) is 0 Å². The number of aromatic carboxylic acids is 1. The van der Waals surface area contributed by atoms with Gasteiger partial charge in [0.1, 0.15) is 5.82 Å². The Hall–Kier alpha value is -1.62. The molecule has 5 heteroatoms. The molecule has 0 amide bonds. The maximum absolute atomic E-state index is 11.0. The Labute approximate surface area is 93.7 Å². The standard InChI is InChI=1S/C11H14N2O3/c1-8-7-12-10(6-9(8)11(14)15)13-2-4-16-5-3-13/h6-7H,2-5H2,1H3,(H,14,15). The first-order valence-electron chi connectivity index (χ1n) is 5.21. The van der Waals surface area contributed by atoms with Crippen LogP contribution in [0.25, 0.3) is 0 Å². The number of anilines is 1. The molecule has 5 nitrogen and oxygen atoms in total. The molecule has 86 valence electrons. The molecular weight excluding hydrogens is 208 g/mol. The number of hydrogen-bond acceptors (Lipinski definition) is 4. The van der Waals surface area contributed by atoms with E-state index in [1.807, 2.05) is 4.90 Å². The number of morpholine rings is 1. The summed E-state index contributed by atoms with van der Waals surface area (Å²) in [6.07, 6.45) is 1.61. The van der Waals surface area contributed by atoms with Crippen molar-refractivity contribution in [2.45, 2.75) is 6.92 Å². The maximum Gasteiger partial charge on any atom is 0.336 e. The zero-order valence-corrected chi connectivity index (χ0v) is 9.14. The van der Waals surface area contributed by atoms with E-state index in [9.17, 15) is 4.79 Å². The Kier molecular flexibility index (Phi) is 3.05. The van der Waals surface area contributed by atoms with Crippen molar-refractivity contribution in [1.29, 1.82) is 0 Å². The number of ether oxygens (including phenoxy) is 1. The molecule has 0 unspecified atom stereocenters. The van der Waals surface area contributed by atoms with Crippen LogP contribution in [0.2, 0.25) is 0 Å². The lowest BCUT2D eigenvalue weighted by Gasteiger charge is -2.28. The van der Waals surface area contributed by atoms with Crippen molar-refractivity contribution in [2.75, 3.05) is 31.2 Å². The van der Waals surface area contributed by atoms with Gasteiger partial charge in [-0.25, -0.2) is 9.78 Å². The number of hydrogen-bond donors (Lipinski definition) is 1. The van der Waals surface area contributed by atoms with Crippen molar-refractivity contribution in [2.24, 2.45) is 0 Å². The molecule has 2 heterocycles. The molecule has 0 bridgehead atoms. The minimum atomic E-state index is -0.908. The first-order valence-corrected chi connectivity index (χ1v) is 5.21. The van der Waals surface area contributed by atoms with Gasteiger partial charge in [-0.1, -0.05) is 0 Å². The Bertz CT molecular complexity index is 400. The van der Waals surface area contributed by atoms with Crippen LogP contribution in [-0.4, -0.2) is 42.4 Å². The SMILES string of the molecule is Cc1cnc(N2CCOCC2)cc1C(=O)O. The largest absolute Gasteiger partial charge is 0.478 e. The lowest BCUT2D eigenvalue weighted by molar-refractivity contribution is 0.0696. The van der Waals surface area contributed by atoms with Gasteiger partial charge in [-0.15, -0.1) is 0 Å². The third-order valence-electron chi connectivity index (χ3n) is 2.65. The average Bonchev–Trinajstić information content (AvgIpc) is 2.30. The molecule has 1 saturated heterocycles. The molecule has 1 aromatic heterocycles. The molecule has 1 N–H and O–H groups in total. The van der Waals surface area contributed by atoms with E-state index in [2.05, 4.69) is 4.98 Å². The minimum absolute atomic E-state index is 0.316. The van der Waals surface area contributed by atoms with Gasteiger partial charge in [0.2, 0.25) is 0 Å². The zero-order valence-electron chi connectivity index (χ0n) is 9.14. The summed E-state index contributed by atoms with van der Waals surface area (Å²) in [7, 11) is 0. The van der Waals surface area contributed by atoms with Crippen LogP contribution in [-0.2, 0) is 4.74 Å². The predicted molar refractivity (Wildman–Crippen MR) is 59.0 cm³/mol. The van der Waals surface area contributed by atoms with E-state index >= 15 is 0 Å². The molecule has 0 radical (unpaired) electrons. The van der Waals surface area contributed by atoms with Crippen LogP contribution in [0.4, 0.5) is 5.82 Å². The number of carbonyl (C=O) groups is 1. The van der Waals surface area contributed by atoms with Crippen LogP contribution >= 0.6 is 0 Å². The van der Waals surface area contributed by atoms with Crippen LogP contribution in [0.1, 0.15) is 15.9 Å². The normalized spacial score (nSPS) is 16.2. The predicted octanol–water partition coefficient (Wildman–Crippen LogP) is 0.925. The summed E-state index contributed by atoms with van der Waals surface area (Å²) in [5.74, 6) is -0.194. The molecule has 0 saturated carbocycles. The molecule has 2 rings (SSSR count). The second-order valence-electron chi connectivity index (χ2n) is 3.76. The monoisotopic (exact) mass is 222 g/mol. The van der Waals surface area contributed by atoms with Gasteiger partial charge in [0, 0.05) is 19.3 Å². The maximum atomic E-state index is 11.0. The number of aryl methyl sites for hydroxylation is 1. The number of rotatable bonds is 2. The first-order chi connectivity index (χ1) is 7.68. The van der Waals surface area contributed by atoms with Gasteiger partial charge in [0.15, 0.2) is 0 Å². The Balaban J connectivity index is 2.27. The van der Waals surface area contributed by atoms with Crippen LogP contribution in [0.5, 0.6) is 0 Å². The quantitative estimate of drug-likeness (QED) is 0.806. The number of pyridine rings is 1. The molecule has 0 aromatic carbocycles. The van der Waals surface area contributed by atoms with Gasteiger partial charge in [-0.05, 0) is 18.6 Å². The van der Waals surface area contributed by atoms with Crippen molar-refractivity contribution in [3.63, 3.8) is 0 Å². The van der Waals surface area contributed by atoms with E-state index in [1.54, 1.807) is 19.2 Å². The molecule has 1 fully saturated rings. The molecule has 0 aliphatic carbocycles. The number of carboxylic acid groups (broad SMARTS) is 1. The van der Waals surface area contributed by atoms with E-state index in [0.29, 0.717) is 30.2 Å². The summed E-state index contributed by atoms with van der Waals surface area (Å²) in [4.78, 5) is 17.3. The summed E-state index contributed by atoms with van der Waals surface area (Å²) in [5.41, 5.74) is 1.00. The molecule has 1 aliphatic rings. The van der Waals surface area contributed by atoms with Crippen molar-refractivity contribution >= 4 is 11.8 Å². The Morgan fingerprint density at radius 3 is 2.81 bits per heavy atom. The van der Waals surface area contributed by atoms with E-state index < -0.39 is 5.97 Å². The highest BCUT2D eigenvalue weighted by atomic mass is 16.5. The number of nitrogens with zero attached hydrogens (tertiary/aromatic N) is 2. The highest BCUT2D eigenvalue weighted by Gasteiger charge is 2.15. The van der Waals surface area contributed by atoms with Gasteiger partial charge in [0.25, 0.3) is 0 Å². The van der Waals surface area contributed by atoms with Crippen LogP contribution < -0.4 is 4.90 Å². The third kappa shape index (κ3) is 2.14. The van der Waals surface area contributed by atoms with Crippen molar-refractivity contribution < 1.29 is 14.6 Å². The fraction of sp³-hybridized carbons (Fsp3) is 0.455.